The first kappa shape index (κ1) is 20.0. The van der Waals surface area contributed by atoms with Crippen molar-refractivity contribution in [2.45, 2.75) is 26.7 Å². The summed E-state index contributed by atoms with van der Waals surface area (Å²) in [6.07, 6.45) is 3.91. The highest BCUT2D eigenvalue weighted by atomic mass is 35.5. The van der Waals surface area contributed by atoms with Crippen LogP contribution in [0.3, 0.4) is 0 Å². The molecule has 0 saturated carbocycles. The molecule has 0 fully saturated rings. The summed E-state index contributed by atoms with van der Waals surface area (Å²) >= 11 is 6.53. The minimum absolute atomic E-state index is 0.164. The first-order valence-electron chi connectivity index (χ1n) is 9.26. The number of rotatable bonds is 7. The number of nitrogens with one attached hydrogen (secondary N) is 1. The molecular formula is C21H23ClN4O2. The zero-order chi connectivity index (χ0) is 19.9. The van der Waals surface area contributed by atoms with Crippen LogP contribution in [0, 0.1) is 18.8 Å². The number of aryl methyl sites for hydroxylation is 1. The summed E-state index contributed by atoms with van der Waals surface area (Å²) in [5.74, 6) is 6.77. The number of phenolic OH excluding ortho intramolecular Hbond substituents is 1. The molecule has 1 aromatic carbocycles. The fraction of sp³-hybridized carbons (Fsp3) is 0.333. The number of aromatic nitrogens is 3. The van der Waals surface area contributed by atoms with Crippen molar-refractivity contribution in [3.63, 3.8) is 0 Å². The van der Waals surface area contributed by atoms with Crippen LogP contribution in [0.2, 0.25) is 5.15 Å². The number of fused-ring (bicyclic) bond motifs is 1. The molecule has 0 aliphatic rings. The summed E-state index contributed by atoms with van der Waals surface area (Å²) in [7, 11) is 0. The third-order valence-electron chi connectivity index (χ3n) is 4.12. The summed E-state index contributed by atoms with van der Waals surface area (Å²) in [5.41, 5.74) is 2.66. The van der Waals surface area contributed by atoms with Gasteiger partial charge in [-0.1, -0.05) is 36.9 Å². The summed E-state index contributed by atoms with van der Waals surface area (Å²) in [6.45, 7) is 6.01. The van der Waals surface area contributed by atoms with E-state index in [1.807, 2.05) is 17.4 Å². The SMILES string of the molecule is CCCCOCCNc1nc(C#Cc2cccc(O)c2)c(Cl)n2c(C)cnc12. The molecule has 0 aliphatic heterocycles. The van der Waals surface area contributed by atoms with E-state index in [0.717, 1.165) is 25.1 Å². The highest BCUT2D eigenvalue weighted by Crippen LogP contribution is 2.23. The normalized spacial score (nSPS) is 10.7. The average molecular weight is 399 g/mol. The van der Waals surface area contributed by atoms with Gasteiger partial charge in [0.15, 0.2) is 17.2 Å². The van der Waals surface area contributed by atoms with Gasteiger partial charge in [0.05, 0.1) is 6.61 Å². The summed E-state index contributed by atoms with van der Waals surface area (Å²) in [6, 6.07) is 6.74. The maximum Gasteiger partial charge on any atom is 0.181 e. The first-order valence-corrected chi connectivity index (χ1v) is 9.64. The minimum atomic E-state index is 0.164. The number of anilines is 1. The smallest absolute Gasteiger partial charge is 0.181 e. The maximum absolute atomic E-state index is 9.59. The molecule has 7 heteroatoms. The van der Waals surface area contributed by atoms with Crippen LogP contribution in [0.15, 0.2) is 30.5 Å². The van der Waals surface area contributed by atoms with E-state index in [9.17, 15) is 5.11 Å². The molecule has 2 aromatic heterocycles. The van der Waals surface area contributed by atoms with Crippen LogP contribution in [0.25, 0.3) is 5.65 Å². The van der Waals surface area contributed by atoms with Crippen molar-refractivity contribution in [2.75, 3.05) is 25.1 Å². The van der Waals surface area contributed by atoms with Crippen LogP contribution >= 0.6 is 11.6 Å². The molecule has 0 amide bonds. The molecule has 28 heavy (non-hydrogen) atoms. The lowest BCUT2D eigenvalue weighted by atomic mass is 10.2. The second-order valence-electron chi connectivity index (χ2n) is 6.35. The molecule has 0 spiro atoms. The Labute approximate surface area is 169 Å². The molecule has 2 N–H and O–H groups in total. The third kappa shape index (κ3) is 4.75. The van der Waals surface area contributed by atoms with Crippen molar-refractivity contribution in [1.82, 2.24) is 14.4 Å². The molecule has 0 aliphatic carbocycles. The molecule has 0 unspecified atom stereocenters. The van der Waals surface area contributed by atoms with Crippen LogP contribution in [-0.4, -0.2) is 39.2 Å². The van der Waals surface area contributed by atoms with E-state index in [1.54, 1.807) is 24.4 Å². The number of hydrogen-bond donors (Lipinski definition) is 2. The topological polar surface area (TPSA) is 71.7 Å². The van der Waals surface area contributed by atoms with E-state index in [-0.39, 0.29) is 5.75 Å². The van der Waals surface area contributed by atoms with Crippen LogP contribution in [0.1, 0.15) is 36.7 Å². The molecule has 3 aromatic rings. The molecule has 2 heterocycles. The Balaban J connectivity index is 1.86. The Morgan fingerprint density at radius 1 is 1.29 bits per heavy atom. The highest BCUT2D eigenvalue weighted by molar-refractivity contribution is 6.30. The second kappa shape index (κ2) is 9.45. The first-order chi connectivity index (χ1) is 13.6. The zero-order valence-electron chi connectivity index (χ0n) is 16.0. The van der Waals surface area contributed by atoms with Gasteiger partial charge < -0.3 is 15.2 Å². The average Bonchev–Trinajstić information content (AvgIpc) is 3.07. The molecule has 0 bridgehead atoms. The van der Waals surface area contributed by atoms with Crippen LogP contribution in [0.5, 0.6) is 5.75 Å². The number of unbranched alkanes of at least 4 members (excludes halogenated alkanes) is 1. The third-order valence-corrected chi connectivity index (χ3v) is 4.47. The van der Waals surface area contributed by atoms with Gasteiger partial charge in [-0.25, -0.2) is 9.97 Å². The van der Waals surface area contributed by atoms with E-state index in [1.165, 1.54) is 0 Å². The number of phenols is 1. The Morgan fingerprint density at radius 2 is 2.14 bits per heavy atom. The lowest BCUT2D eigenvalue weighted by Gasteiger charge is -2.10. The quantitative estimate of drug-likeness (QED) is 0.464. The van der Waals surface area contributed by atoms with Gasteiger partial charge in [-0.2, -0.15) is 0 Å². The van der Waals surface area contributed by atoms with E-state index < -0.39 is 0 Å². The Hall–Kier alpha value is -2.75. The molecular weight excluding hydrogens is 376 g/mol. The van der Waals surface area contributed by atoms with Gasteiger partial charge in [0.25, 0.3) is 0 Å². The number of imidazole rings is 1. The number of hydrogen-bond acceptors (Lipinski definition) is 5. The fourth-order valence-corrected chi connectivity index (χ4v) is 2.97. The second-order valence-corrected chi connectivity index (χ2v) is 6.71. The Bertz CT molecular complexity index is 1020. The van der Waals surface area contributed by atoms with Crippen molar-refractivity contribution >= 4 is 23.1 Å². The lowest BCUT2D eigenvalue weighted by Crippen LogP contribution is -2.13. The number of halogens is 1. The highest BCUT2D eigenvalue weighted by Gasteiger charge is 2.14. The van der Waals surface area contributed by atoms with Crippen molar-refractivity contribution in [3.05, 3.63) is 52.6 Å². The predicted octanol–water partition coefficient (Wildman–Crippen LogP) is 4.03. The molecule has 6 nitrogen and oxygen atoms in total. The Kier molecular flexibility index (Phi) is 6.75. The maximum atomic E-state index is 9.59. The van der Waals surface area contributed by atoms with Gasteiger partial charge >= 0.3 is 0 Å². The van der Waals surface area contributed by atoms with E-state index in [2.05, 4.69) is 34.0 Å². The molecule has 146 valence electrons. The van der Waals surface area contributed by atoms with Gasteiger partial charge in [-0.05, 0) is 37.5 Å². The zero-order valence-corrected chi connectivity index (χ0v) is 16.8. The van der Waals surface area contributed by atoms with E-state index in [4.69, 9.17) is 16.3 Å². The summed E-state index contributed by atoms with van der Waals surface area (Å²) in [4.78, 5) is 8.98. The van der Waals surface area contributed by atoms with Crippen molar-refractivity contribution in [1.29, 1.82) is 0 Å². The van der Waals surface area contributed by atoms with E-state index in [0.29, 0.717) is 41.0 Å². The van der Waals surface area contributed by atoms with Gasteiger partial charge in [0, 0.05) is 30.6 Å². The summed E-state index contributed by atoms with van der Waals surface area (Å²) in [5, 5.41) is 13.3. The number of nitrogens with zero attached hydrogens (tertiary/aromatic N) is 3. The van der Waals surface area contributed by atoms with Crippen LogP contribution < -0.4 is 5.32 Å². The Morgan fingerprint density at radius 3 is 2.93 bits per heavy atom. The number of ether oxygens (including phenoxy) is 1. The standard InChI is InChI=1S/C21H23ClN4O2/c1-3-4-11-28-12-10-23-20-21-24-14-15(2)26(21)19(22)18(25-20)9-8-16-6-5-7-17(27)13-16/h5-7,13-14,27H,3-4,10-12H2,1-2H3,(H,23,25). The monoisotopic (exact) mass is 398 g/mol. The largest absolute Gasteiger partial charge is 0.508 e. The van der Waals surface area contributed by atoms with Gasteiger partial charge in [0.2, 0.25) is 0 Å². The van der Waals surface area contributed by atoms with Crippen LogP contribution in [0.4, 0.5) is 5.82 Å². The molecule has 3 rings (SSSR count). The number of aromatic hydroxyl groups is 1. The lowest BCUT2D eigenvalue weighted by molar-refractivity contribution is 0.141. The van der Waals surface area contributed by atoms with Gasteiger partial charge in [-0.15, -0.1) is 0 Å². The molecule has 0 atom stereocenters. The van der Waals surface area contributed by atoms with Gasteiger partial charge in [-0.3, -0.25) is 4.40 Å². The molecule has 0 saturated heterocycles. The molecule has 0 radical (unpaired) electrons. The minimum Gasteiger partial charge on any atom is -0.508 e. The summed E-state index contributed by atoms with van der Waals surface area (Å²) < 4.78 is 7.41. The fourth-order valence-electron chi connectivity index (χ4n) is 2.67. The van der Waals surface area contributed by atoms with Crippen LogP contribution in [-0.2, 0) is 4.74 Å². The van der Waals surface area contributed by atoms with Crippen molar-refractivity contribution in [2.24, 2.45) is 0 Å². The predicted molar refractivity (Wildman–Crippen MR) is 111 cm³/mol. The van der Waals surface area contributed by atoms with Crippen molar-refractivity contribution in [3.8, 4) is 17.6 Å². The van der Waals surface area contributed by atoms with E-state index >= 15 is 0 Å². The van der Waals surface area contributed by atoms with Crippen molar-refractivity contribution < 1.29 is 9.84 Å². The van der Waals surface area contributed by atoms with Gasteiger partial charge in [0.1, 0.15) is 10.9 Å². The number of benzene rings is 1.